The quantitative estimate of drug-likeness (QED) is 0.496. The van der Waals surface area contributed by atoms with Gasteiger partial charge in [-0.2, -0.15) is 0 Å². The molecule has 0 amide bonds. The monoisotopic (exact) mass is 460 g/mol. The number of halogens is 1. The van der Waals surface area contributed by atoms with Gasteiger partial charge in [0, 0.05) is 31.2 Å². The first kappa shape index (κ1) is 21.5. The molecule has 6 nitrogen and oxygen atoms in total. The van der Waals surface area contributed by atoms with Crippen LogP contribution in [0.25, 0.3) is 11.0 Å². The molecule has 0 aliphatic rings. The van der Waals surface area contributed by atoms with Crippen LogP contribution in [-0.4, -0.2) is 43.0 Å². The zero-order valence-corrected chi connectivity index (χ0v) is 19.5. The third kappa shape index (κ3) is 4.36. The lowest BCUT2D eigenvalue weighted by Gasteiger charge is -2.29. The Morgan fingerprint density at radius 3 is 2.66 bits per heavy atom. The van der Waals surface area contributed by atoms with Crippen LogP contribution >= 0.6 is 15.9 Å². The van der Waals surface area contributed by atoms with Gasteiger partial charge in [0.15, 0.2) is 0 Å². The molecule has 156 valence electrons. The molecule has 0 atom stereocenters. The average Bonchev–Trinajstić information content (AvgIpc) is 3.00. The summed E-state index contributed by atoms with van der Waals surface area (Å²) in [5.74, 6) is 1.54. The molecule has 2 aromatic carbocycles. The molecule has 0 radical (unpaired) electrons. The topological polar surface area (TPSA) is 51.6 Å². The van der Waals surface area contributed by atoms with Gasteiger partial charge >= 0.3 is 0 Å². The van der Waals surface area contributed by atoms with E-state index in [0.29, 0.717) is 12.6 Å². The number of imidazole rings is 1. The van der Waals surface area contributed by atoms with Crippen LogP contribution < -0.4 is 15.0 Å². The molecule has 1 N–H and O–H groups in total. The van der Waals surface area contributed by atoms with Crippen LogP contribution in [0.2, 0.25) is 0 Å². The Labute approximate surface area is 180 Å². The number of rotatable bonds is 8. The van der Waals surface area contributed by atoms with Crippen LogP contribution in [0.1, 0.15) is 19.4 Å². The molecular weight excluding hydrogens is 432 g/mol. The van der Waals surface area contributed by atoms with Crippen molar-refractivity contribution in [1.82, 2.24) is 9.55 Å². The van der Waals surface area contributed by atoms with Crippen molar-refractivity contribution in [3.8, 4) is 5.75 Å². The third-order valence-corrected chi connectivity index (χ3v) is 5.52. The molecule has 29 heavy (non-hydrogen) atoms. The highest BCUT2D eigenvalue weighted by Crippen LogP contribution is 2.36. The van der Waals surface area contributed by atoms with Crippen molar-refractivity contribution < 1.29 is 9.47 Å². The Bertz CT molecular complexity index is 1000. The number of hydrogen-bond acceptors (Lipinski definition) is 5. The molecule has 7 heteroatoms. The highest BCUT2D eigenvalue weighted by atomic mass is 79.9. The number of nitrogens with zero attached hydrogens (tertiary/aromatic N) is 3. The Kier molecular flexibility index (Phi) is 6.70. The maximum Gasteiger partial charge on any atom is 0.208 e. The molecule has 0 spiro atoms. The van der Waals surface area contributed by atoms with Gasteiger partial charge in [-0.1, -0.05) is 22.0 Å². The minimum Gasteiger partial charge on any atom is -0.495 e. The fourth-order valence-corrected chi connectivity index (χ4v) is 4.14. The Morgan fingerprint density at radius 2 is 2.00 bits per heavy atom. The maximum absolute atomic E-state index is 5.58. The summed E-state index contributed by atoms with van der Waals surface area (Å²) in [6, 6.07) is 10.6. The van der Waals surface area contributed by atoms with Crippen LogP contribution in [0, 0.1) is 6.92 Å². The number of para-hydroxylation sites is 1. The number of nitrogens with one attached hydrogen (secondary N) is 1. The molecule has 0 aliphatic heterocycles. The number of aromatic nitrogens is 2. The minimum atomic E-state index is 0.343. The maximum atomic E-state index is 5.58. The molecule has 1 aromatic heterocycles. The second-order valence-corrected chi connectivity index (χ2v) is 8.26. The zero-order chi connectivity index (χ0) is 21.1. The van der Waals surface area contributed by atoms with Gasteiger partial charge in [0.2, 0.25) is 5.95 Å². The molecule has 0 aliphatic carbocycles. The van der Waals surface area contributed by atoms with Crippen LogP contribution in [0.4, 0.5) is 17.3 Å². The van der Waals surface area contributed by atoms with Gasteiger partial charge in [-0.25, -0.2) is 4.98 Å². The van der Waals surface area contributed by atoms with E-state index >= 15 is 0 Å². The van der Waals surface area contributed by atoms with E-state index in [1.54, 1.807) is 14.2 Å². The summed E-state index contributed by atoms with van der Waals surface area (Å²) in [6.07, 6.45) is 0. The van der Waals surface area contributed by atoms with E-state index in [4.69, 9.17) is 14.5 Å². The Hall–Kier alpha value is -2.25. The molecule has 0 saturated heterocycles. The van der Waals surface area contributed by atoms with E-state index in [1.807, 2.05) is 19.2 Å². The van der Waals surface area contributed by atoms with E-state index in [2.05, 4.69) is 69.7 Å². The van der Waals surface area contributed by atoms with Crippen molar-refractivity contribution in [3.05, 3.63) is 40.4 Å². The summed E-state index contributed by atoms with van der Waals surface area (Å²) in [6.45, 7) is 7.93. The van der Waals surface area contributed by atoms with Gasteiger partial charge in [-0.05, 0) is 50.6 Å². The van der Waals surface area contributed by atoms with Crippen LogP contribution in [0.15, 0.2) is 34.8 Å². The van der Waals surface area contributed by atoms with Crippen molar-refractivity contribution in [3.63, 3.8) is 0 Å². The van der Waals surface area contributed by atoms with Crippen LogP contribution in [0.3, 0.4) is 0 Å². The minimum absolute atomic E-state index is 0.343. The van der Waals surface area contributed by atoms with Crippen molar-refractivity contribution in [2.24, 2.45) is 7.05 Å². The summed E-state index contributed by atoms with van der Waals surface area (Å²) in [5, 5.41) is 3.48. The highest BCUT2D eigenvalue weighted by molar-refractivity contribution is 9.10. The van der Waals surface area contributed by atoms with Crippen molar-refractivity contribution in [1.29, 1.82) is 0 Å². The molecule has 1 heterocycles. The highest BCUT2D eigenvalue weighted by Gasteiger charge is 2.19. The van der Waals surface area contributed by atoms with Crippen molar-refractivity contribution >= 4 is 44.3 Å². The standard InChI is InChI=1S/C22H29BrN4O2/c1-14(2)27(10-11-28-5)18-9-7-8-17-21(18)26(4)22(24-17)25-20-15(3)12-16(23)13-19(20)29-6/h7-9,12-14H,10-11H2,1-6H3,(H,24,25). The van der Waals surface area contributed by atoms with Crippen molar-refractivity contribution in [2.45, 2.75) is 26.8 Å². The molecule has 0 fully saturated rings. The zero-order valence-electron chi connectivity index (χ0n) is 17.9. The Morgan fingerprint density at radius 1 is 1.24 bits per heavy atom. The van der Waals surface area contributed by atoms with E-state index in [-0.39, 0.29) is 0 Å². The van der Waals surface area contributed by atoms with Gasteiger partial charge in [0.05, 0.1) is 36.1 Å². The van der Waals surface area contributed by atoms with E-state index in [0.717, 1.165) is 50.7 Å². The average molecular weight is 461 g/mol. The van der Waals surface area contributed by atoms with Gasteiger partial charge in [0.25, 0.3) is 0 Å². The van der Waals surface area contributed by atoms with Gasteiger partial charge in [-0.15, -0.1) is 0 Å². The van der Waals surface area contributed by atoms with Gasteiger partial charge < -0.3 is 24.3 Å². The molecule has 3 rings (SSSR count). The van der Waals surface area contributed by atoms with Crippen molar-refractivity contribution in [2.75, 3.05) is 37.6 Å². The largest absolute Gasteiger partial charge is 0.495 e. The van der Waals surface area contributed by atoms with E-state index < -0.39 is 0 Å². The lowest BCUT2D eigenvalue weighted by molar-refractivity contribution is 0.204. The van der Waals surface area contributed by atoms with Crippen LogP contribution in [-0.2, 0) is 11.8 Å². The summed E-state index contributed by atoms with van der Waals surface area (Å²) >= 11 is 3.53. The van der Waals surface area contributed by atoms with Gasteiger partial charge in [-0.3, -0.25) is 0 Å². The second kappa shape index (κ2) is 9.05. The summed E-state index contributed by atoms with van der Waals surface area (Å²) in [5.41, 5.74) is 5.18. The second-order valence-electron chi connectivity index (χ2n) is 7.34. The van der Waals surface area contributed by atoms with Crippen LogP contribution in [0.5, 0.6) is 5.75 Å². The first-order valence-electron chi connectivity index (χ1n) is 9.69. The predicted molar refractivity (Wildman–Crippen MR) is 124 cm³/mol. The van der Waals surface area contributed by atoms with E-state index in [1.165, 1.54) is 0 Å². The number of anilines is 3. The molecule has 0 unspecified atom stereocenters. The number of ether oxygens (including phenoxy) is 2. The summed E-state index contributed by atoms with van der Waals surface area (Å²) < 4.78 is 14.0. The molecule has 3 aromatic rings. The first-order chi connectivity index (χ1) is 13.9. The number of aryl methyl sites for hydroxylation is 2. The lowest BCUT2D eigenvalue weighted by atomic mass is 10.2. The summed E-state index contributed by atoms with van der Waals surface area (Å²) in [4.78, 5) is 7.21. The molecular formula is C22H29BrN4O2. The number of fused-ring (bicyclic) bond motifs is 1. The molecule has 0 bridgehead atoms. The normalized spacial score (nSPS) is 11.3. The first-order valence-corrected chi connectivity index (χ1v) is 10.5. The predicted octanol–water partition coefficient (Wildman–Crippen LogP) is 5.26. The molecule has 0 saturated carbocycles. The third-order valence-electron chi connectivity index (χ3n) is 5.06. The Balaban J connectivity index is 2.08. The lowest BCUT2D eigenvalue weighted by Crippen LogP contribution is -2.34. The SMILES string of the molecule is COCCN(c1cccc2nc(Nc3c(C)cc(Br)cc3OC)n(C)c12)C(C)C. The van der Waals surface area contributed by atoms with E-state index in [9.17, 15) is 0 Å². The number of methoxy groups -OCH3 is 2. The fourth-order valence-electron chi connectivity index (χ4n) is 3.58. The fraction of sp³-hybridized carbons (Fsp3) is 0.409. The van der Waals surface area contributed by atoms with Gasteiger partial charge in [0.1, 0.15) is 5.75 Å². The smallest absolute Gasteiger partial charge is 0.208 e. The summed E-state index contributed by atoms with van der Waals surface area (Å²) in [7, 11) is 5.45. The number of hydrogen-bond donors (Lipinski definition) is 1. The number of benzene rings is 2.